The molecule has 28 heavy (non-hydrogen) atoms. The molecule has 0 bridgehead atoms. The molecule has 0 saturated heterocycles. The molecule has 0 aliphatic rings. The van der Waals surface area contributed by atoms with Gasteiger partial charge in [-0.15, -0.1) is 0 Å². The van der Waals surface area contributed by atoms with Crippen LogP contribution in [0.25, 0.3) is 22.1 Å². The number of aryl methyl sites for hydroxylation is 1. The fourth-order valence-corrected chi connectivity index (χ4v) is 2.90. The molecule has 0 atom stereocenters. The van der Waals surface area contributed by atoms with Gasteiger partial charge in [-0.05, 0) is 38.1 Å². The fourth-order valence-electron chi connectivity index (χ4n) is 2.90. The van der Waals surface area contributed by atoms with Gasteiger partial charge in [0.05, 0.1) is 20.8 Å². The van der Waals surface area contributed by atoms with Crippen LogP contribution in [0.15, 0.2) is 42.7 Å². The lowest BCUT2D eigenvalue weighted by atomic mass is 10.0. The molecule has 0 fully saturated rings. The highest BCUT2D eigenvalue weighted by Gasteiger charge is 2.23. The summed E-state index contributed by atoms with van der Waals surface area (Å²) >= 11 is 0. The van der Waals surface area contributed by atoms with Crippen molar-refractivity contribution in [1.29, 1.82) is 0 Å². The lowest BCUT2D eigenvalue weighted by Gasteiger charge is -2.11. The van der Waals surface area contributed by atoms with Gasteiger partial charge in [0, 0.05) is 10.9 Å². The van der Waals surface area contributed by atoms with Gasteiger partial charge in [-0.3, -0.25) is 0 Å². The van der Waals surface area contributed by atoms with Crippen molar-refractivity contribution in [3.05, 3.63) is 56.4 Å². The third-order valence-electron chi connectivity index (χ3n) is 4.17. The van der Waals surface area contributed by atoms with E-state index in [9.17, 15) is 14.4 Å². The smallest absolute Gasteiger partial charge is 0.351 e. The Morgan fingerprint density at radius 2 is 1.68 bits per heavy atom. The second-order valence-corrected chi connectivity index (χ2v) is 5.80. The standard InChI is InChI=1S/C20H18O8/c1-5-26-18(21)16-10(2)27-19(22)17-12(16)9-14(28-20(17)23)11-6-7-13(24-3)15(8-11)25-4/h6-9H,5H2,1-4H3. The number of hydrogen-bond donors (Lipinski definition) is 0. The van der Waals surface area contributed by atoms with Gasteiger partial charge in [-0.25, -0.2) is 14.4 Å². The number of hydrogen-bond acceptors (Lipinski definition) is 8. The molecule has 0 amide bonds. The first-order valence-corrected chi connectivity index (χ1v) is 8.42. The summed E-state index contributed by atoms with van der Waals surface area (Å²) in [4.78, 5) is 37.0. The van der Waals surface area contributed by atoms with Gasteiger partial charge >= 0.3 is 17.2 Å². The normalized spacial score (nSPS) is 10.7. The van der Waals surface area contributed by atoms with Crippen molar-refractivity contribution in [3.8, 4) is 22.8 Å². The maximum absolute atomic E-state index is 12.5. The summed E-state index contributed by atoms with van der Waals surface area (Å²) in [6, 6.07) is 6.36. The van der Waals surface area contributed by atoms with Gasteiger partial charge in [-0.1, -0.05) is 0 Å². The Morgan fingerprint density at radius 3 is 2.32 bits per heavy atom. The van der Waals surface area contributed by atoms with Crippen molar-refractivity contribution >= 4 is 16.7 Å². The van der Waals surface area contributed by atoms with Gasteiger partial charge in [0.25, 0.3) is 0 Å². The summed E-state index contributed by atoms with van der Waals surface area (Å²) in [7, 11) is 2.98. The summed E-state index contributed by atoms with van der Waals surface area (Å²) in [5.41, 5.74) is -1.29. The van der Waals surface area contributed by atoms with Crippen LogP contribution in [0.2, 0.25) is 0 Å². The number of benzene rings is 1. The molecule has 8 heteroatoms. The molecule has 1 aromatic carbocycles. The predicted molar refractivity (Wildman–Crippen MR) is 100 cm³/mol. The second-order valence-electron chi connectivity index (χ2n) is 5.80. The zero-order valence-corrected chi connectivity index (χ0v) is 15.8. The Kier molecular flexibility index (Phi) is 5.21. The van der Waals surface area contributed by atoms with Crippen molar-refractivity contribution in [2.24, 2.45) is 0 Å². The number of carbonyl (C=O) groups excluding carboxylic acids is 1. The Morgan fingerprint density at radius 1 is 1.00 bits per heavy atom. The number of carbonyl (C=O) groups is 1. The van der Waals surface area contributed by atoms with E-state index in [1.165, 1.54) is 27.2 Å². The summed E-state index contributed by atoms with van der Waals surface area (Å²) in [6.45, 7) is 3.23. The molecule has 2 heterocycles. The molecule has 0 aliphatic carbocycles. The number of fused-ring (bicyclic) bond motifs is 1. The molecule has 2 aromatic heterocycles. The monoisotopic (exact) mass is 386 g/mol. The minimum atomic E-state index is -0.915. The lowest BCUT2D eigenvalue weighted by molar-refractivity contribution is 0.0524. The van der Waals surface area contributed by atoms with Crippen LogP contribution in [0.3, 0.4) is 0 Å². The van der Waals surface area contributed by atoms with E-state index in [1.54, 1.807) is 25.1 Å². The largest absolute Gasteiger partial charge is 0.493 e. The molecule has 0 saturated carbocycles. The summed E-state index contributed by atoms with van der Waals surface area (Å²) in [5.74, 6) is 0.432. The highest BCUT2D eigenvalue weighted by atomic mass is 16.5. The van der Waals surface area contributed by atoms with E-state index >= 15 is 0 Å². The van der Waals surface area contributed by atoms with Crippen molar-refractivity contribution in [3.63, 3.8) is 0 Å². The Hall–Kier alpha value is -3.55. The quantitative estimate of drug-likeness (QED) is 0.616. The van der Waals surface area contributed by atoms with Crippen LogP contribution in [-0.4, -0.2) is 26.8 Å². The van der Waals surface area contributed by atoms with Crippen molar-refractivity contribution in [2.75, 3.05) is 20.8 Å². The molecule has 3 rings (SSSR count). The fraction of sp³-hybridized carbons (Fsp3) is 0.250. The molecule has 0 aliphatic heterocycles. The SMILES string of the molecule is CCOC(=O)c1c(C)oc(=O)c2c(=O)oc(-c3ccc(OC)c(OC)c3)cc12. The van der Waals surface area contributed by atoms with E-state index in [0.717, 1.165) is 0 Å². The van der Waals surface area contributed by atoms with Crippen molar-refractivity contribution in [2.45, 2.75) is 13.8 Å². The summed E-state index contributed by atoms with van der Waals surface area (Å²) in [6.07, 6.45) is 0. The zero-order chi connectivity index (χ0) is 20.4. The molecule has 8 nitrogen and oxygen atoms in total. The molecular formula is C20H18O8. The second kappa shape index (κ2) is 7.59. The van der Waals surface area contributed by atoms with Gasteiger partial charge in [0.15, 0.2) is 16.9 Å². The van der Waals surface area contributed by atoms with Gasteiger partial charge in [0.1, 0.15) is 17.1 Å². The van der Waals surface area contributed by atoms with Gasteiger partial charge < -0.3 is 23.0 Å². The molecular weight excluding hydrogens is 368 g/mol. The lowest BCUT2D eigenvalue weighted by Crippen LogP contribution is -2.17. The van der Waals surface area contributed by atoms with Crippen LogP contribution >= 0.6 is 0 Å². The maximum Gasteiger partial charge on any atom is 0.351 e. The first-order chi connectivity index (χ1) is 13.4. The van der Waals surface area contributed by atoms with Crippen LogP contribution in [0.1, 0.15) is 23.0 Å². The summed E-state index contributed by atoms with van der Waals surface area (Å²) < 4.78 is 25.8. The third kappa shape index (κ3) is 3.24. The highest BCUT2D eigenvalue weighted by molar-refractivity contribution is 6.05. The molecule has 0 spiro atoms. The van der Waals surface area contributed by atoms with Crippen LogP contribution in [0.4, 0.5) is 0 Å². The number of esters is 1. The van der Waals surface area contributed by atoms with Crippen LogP contribution in [0.5, 0.6) is 11.5 Å². The van der Waals surface area contributed by atoms with Gasteiger partial charge in [0.2, 0.25) is 0 Å². The van der Waals surface area contributed by atoms with Crippen molar-refractivity contribution in [1.82, 2.24) is 0 Å². The Labute approximate surface area is 159 Å². The minimum absolute atomic E-state index is 0.00563. The topological polar surface area (TPSA) is 105 Å². The van der Waals surface area contributed by atoms with E-state index in [-0.39, 0.29) is 34.5 Å². The Bertz CT molecular complexity index is 1170. The first-order valence-electron chi connectivity index (χ1n) is 8.42. The number of rotatable bonds is 5. The van der Waals surface area contributed by atoms with E-state index in [2.05, 4.69) is 0 Å². The number of ether oxygens (including phenoxy) is 3. The molecule has 0 unspecified atom stereocenters. The zero-order valence-electron chi connectivity index (χ0n) is 15.8. The van der Waals surface area contributed by atoms with Gasteiger partial charge in [-0.2, -0.15) is 0 Å². The maximum atomic E-state index is 12.5. The van der Waals surface area contributed by atoms with Crippen LogP contribution in [0, 0.1) is 6.92 Å². The molecule has 0 N–H and O–H groups in total. The average Bonchev–Trinajstić information content (AvgIpc) is 2.66. The summed E-state index contributed by atoms with van der Waals surface area (Å²) in [5, 5.41) is -0.244. The van der Waals surface area contributed by atoms with Crippen molar-refractivity contribution < 1.29 is 27.8 Å². The molecule has 0 radical (unpaired) electrons. The number of methoxy groups -OCH3 is 2. The average molecular weight is 386 g/mol. The van der Waals surface area contributed by atoms with Crippen LogP contribution < -0.4 is 20.7 Å². The Balaban J connectivity index is 2.33. The minimum Gasteiger partial charge on any atom is -0.493 e. The van der Waals surface area contributed by atoms with E-state index in [1.807, 2.05) is 0 Å². The molecule has 3 aromatic rings. The third-order valence-corrected chi connectivity index (χ3v) is 4.17. The van der Waals surface area contributed by atoms with E-state index in [0.29, 0.717) is 17.1 Å². The highest BCUT2D eigenvalue weighted by Crippen LogP contribution is 2.33. The van der Waals surface area contributed by atoms with E-state index in [4.69, 9.17) is 23.0 Å². The first kappa shape index (κ1) is 19.2. The predicted octanol–water partition coefficient (Wildman–Crippen LogP) is 2.92. The van der Waals surface area contributed by atoms with Crippen LogP contribution in [-0.2, 0) is 4.74 Å². The molecule has 146 valence electrons. The van der Waals surface area contributed by atoms with E-state index < -0.39 is 17.2 Å².